The van der Waals surface area contributed by atoms with E-state index in [1.54, 1.807) is 6.20 Å². The van der Waals surface area contributed by atoms with Crippen molar-refractivity contribution in [1.82, 2.24) is 24.3 Å². The fourth-order valence-corrected chi connectivity index (χ4v) is 3.86. The van der Waals surface area contributed by atoms with E-state index < -0.39 is 0 Å². The average Bonchev–Trinajstić information content (AvgIpc) is 3.20. The molecule has 0 bridgehead atoms. The minimum Gasteiger partial charge on any atom is -0.324 e. The van der Waals surface area contributed by atoms with Gasteiger partial charge >= 0.3 is 0 Å². The Hall–Kier alpha value is -2.48. The fourth-order valence-electron chi connectivity index (χ4n) is 2.83. The number of benzene rings is 1. The van der Waals surface area contributed by atoms with Gasteiger partial charge in [-0.15, -0.1) is 11.3 Å². The van der Waals surface area contributed by atoms with Gasteiger partial charge in [0, 0.05) is 30.0 Å². The van der Waals surface area contributed by atoms with Crippen molar-refractivity contribution in [3.8, 4) is 11.4 Å². The van der Waals surface area contributed by atoms with Gasteiger partial charge in [0.2, 0.25) is 5.95 Å². The SMILES string of the molecule is CN(C)CCc1cccc(Nc2nccc(-c3c(Cl)nc4sccn34)n2)c1. The second-order valence-corrected chi connectivity index (χ2v) is 7.68. The van der Waals surface area contributed by atoms with Crippen LogP contribution in [0.4, 0.5) is 11.6 Å². The topological polar surface area (TPSA) is 58.3 Å². The van der Waals surface area contributed by atoms with Crippen LogP contribution in [0, 0.1) is 0 Å². The molecule has 3 aromatic heterocycles. The molecule has 138 valence electrons. The average molecular weight is 399 g/mol. The highest BCUT2D eigenvalue weighted by molar-refractivity contribution is 7.15. The highest BCUT2D eigenvalue weighted by Crippen LogP contribution is 2.30. The number of hydrogen-bond donors (Lipinski definition) is 1. The van der Waals surface area contributed by atoms with Crippen LogP contribution in [0.25, 0.3) is 16.3 Å². The monoisotopic (exact) mass is 398 g/mol. The van der Waals surface area contributed by atoms with Gasteiger partial charge in [0.15, 0.2) is 10.1 Å². The molecular weight excluding hydrogens is 380 g/mol. The van der Waals surface area contributed by atoms with Crippen molar-refractivity contribution >= 4 is 39.5 Å². The molecule has 0 aliphatic carbocycles. The number of imidazole rings is 1. The maximum absolute atomic E-state index is 6.33. The minimum atomic E-state index is 0.442. The lowest BCUT2D eigenvalue weighted by Gasteiger charge is -2.11. The number of nitrogens with zero attached hydrogens (tertiary/aromatic N) is 5. The summed E-state index contributed by atoms with van der Waals surface area (Å²) in [7, 11) is 4.15. The zero-order valence-electron chi connectivity index (χ0n) is 15.1. The third kappa shape index (κ3) is 3.95. The summed E-state index contributed by atoms with van der Waals surface area (Å²) in [5.74, 6) is 0.526. The van der Waals surface area contributed by atoms with Crippen LogP contribution in [0.5, 0.6) is 0 Å². The maximum atomic E-state index is 6.33. The van der Waals surface area contributed by atoms with E-state index in [9.17, 15) is 0 Å². The van der Waals surface area contributed by atoms with Crippen LogP contribution in [-0.2, 0) is 6.42 Å². The Kier molecular flexibility index (Phi) is 5.07. The van der Waals surface area contributed by atoms with E-state index in [-0.39, 0.29) is 0 Å². The Morgan fingerprint density at radius 2 is 2.11 bits per heavy atom. The molecule has 0 amide bonds. The maximum Gasteiger partial charge on any atom is 0.227 e. The van der Waals surface area contributed by atoms with Gasteiger partial charge in [-0.1, -0.05) is 23.7 Å². The Labute approximate surface area is 166 Å². The quantitative estimate of drug-likeness (QED) is 0.523. The molecule has 0 unspecified atom stereocenters. The van der Waals surface area contributed by atoms with Crippen LogP contribution in [-0.4, -0.2) is 44.9 Å². The van der Waals surface area contributed by atoms with E-state index in [2.05, 4.69) is 51.4 Å². The number of hydrogen-bond acceptors (Lipinski definition) is 6. The molecule has 0 saturated heterocycles. The van der Waals surface area contributed by atoms with Gasteiger partial charge in [0.1, 0.15) is 5.69 Å². The highest BCUT2D eigenvalue weighted by Gasteiger charge is 2.15. The van der Waals surface area contributed by atoms with Crippen molar-refractivity contribution in [2.45, 2.75) is 6.42 Å². The number of anilines is 2. The number of rotatable bonds is 6. The standard InChI is InChI=1S/C19H19ClN6S/c1-25(2)9-7-13-4-3-5-14(12-13)22-18-21-8-6-15(23-18)16-17(20)24-19-26(16)10-11-27-19/h3-6,8,10-12H,7,9H2,1-2H3,(H,21,22,23). The van der Waals surface area contributed by atoms with Crippen molar-refractivity contribution < 1.29 is 0 Å². The summed E-state index contributed by atoms with van der Waals surface area (Å²) in [4.78, 5) is 16.4. The Balaban J connectivity index is 1.59. The first-order valence-corrected chi connectivity index (χ1v) is 9.81. The number of likely N-dealkylation sites (N-methyl/N-ethyl adjacent to an activating group) is 1. The molecule has 1 N–H and O–H groups in total. The van der Waals surface area contributed by atoms with Gasteiger partial charge in [0.05, 0.1) is 5.69 Å². The molecule has 8 heteroatoms. The minimum absolute atomic E-state index is 0.442. The van der Waals surface area contributed by atoms with E-state index >= 15 is 0 Å². The zero-order valence-corrected chi connectivity index (χ0v) is 16.6. The second-order valence-electron chi connectivity index (χ2n) is 6.45. The molecule has 0 spiro atoms. The van der Waals surface area contributed by atoms with Crippen LogP contribution in [0.1, 0.15) is 5.56 Å². The van der Waals surface area contributed by atoms with E-state index in [0.717, 1.165) is 35.0 Å². The lowest BCUT2D eigenvalue weighted by atomic mass is 10.1. The highest BCUT2D eigenvalue weighted by atomic mass is 35.5. The third-order valence-corrected chi connectivity index (χ3v) is 5.17. The molecule has 27 heavy (non-hydrogen) atoms. The van der Waals surface area contributed by atoms with Gasteiger partial charge in [-0.05, 0) is 44.3 Å². The molecule has 6 nitrogen and oxygen atoms in total. The summed E-state index contributed by atoms with van der Waals surface area (Å²) in [5, 5.41) is 5.71. The molecule has 4 aromatic rings. The number of thiazole rings is 1. The molecule has 0 aliphatic rings. The molecule has 1 aromatic carbocycles. The number of aromatic nitrogens is 4. The van der Waals surface area contributed by atoms with Gasteiger partial charge in [-0.25, -0.2) is 15.0 Å². The van der Waals surface area contributed by atoms with E-state index in [0.29, 0.717) is 11.1 Å². The molecule has 0 saturated carbocycles. The summed E-state index contributed by atoms with van der Waals surface area (Å²) < 4.78 is 1.95. The first-order chi connectivity index (χ1) is 13.1. The molecule has 0 radical (unpaired) electrons. The molecule has 3 heterocycles. The van der Waals surface area contributed by atoms with Crippen LogP contribution in [0.3, 0.4) is 0 Å². The van der Waals surface area contributed by atoms with Gasteiger partial charge in [-0.3, -0.25) is 4.40 Å². The molecule has 0 aliphatic heterocycles. The third-order valence-electron chi connectivity index (χ3n) is 4.15. The summed E-state index contributed by atoms with van der Waals surface area (Å²) in [6, 6.07) is 10.2. The predicted octanol–water partition coefficient (Wildman–Crippen LogP) is 4.35. The largest absolute Gasteiger partial charge is 0.324 e. The van der Waals surface area contributed by atoms with Gasteiger partial charge < -0.3 is 10.2 Å². The van der Waals surface area contributed by atoms with Crippen LogP contribution in [0.2, 0.25) is 5.15 Å². The Morgan fingerprint density at radius 3 is 2.96 bits per heavy atom. The van der Waals surface area contributed by atoms with Gasteiger partial charge in [-0.2, -0.15) is 0 Å². The van der Waals surface area contributed by atoms with Crippen LogP contribution in [0.15, 0.2) is 48.1 Å². The smallest absolute Gasteiger partial charge is 0.227 e. The van der Waals surface area contributed by atoms with Crippen molar-refractivity contribution in [2.24, 2.45) is 0 Å². The molecule has 0 atom stereocenters. The summed E-state index contributed by atoms with van der Waals surface area (Å²) >= 11 is 7.86. The van der Waals surface area contributed by atoms with Gasteiger partial charge in [0.25, 0.3) is 0 Å². The van der Waals surface area contributed by atoms with Crippen LogP contribution >= 0.6 is 22.9 Å². The van der Waals surface area contributed by atoms with Crippen LogP contribution < -0.4 is 5.32 Å². The summed E-state index contributed by atoms with van der Waals surface area (Å²) in [6.45, 7) is 1.01. The number of nitrogens with one attached hydrogen (secondary N) is 1. The number of fused-ring (bicyclic) bond motifs is 1. The lowest BCUT2D eigenvalue weighted by molar-refractivity contribution is 0.413. The van der Waals surface area contributed by atoms with Crippen molar-refractivity contribution in [2.75, 3.05) is 26.0 Å². The first kappa shape index (κ1) is 17.9. The fraction of sp³-hybridized carbons (Fsp3) is 0.211. The normalized spacial score (nSPS) is 11.4. The number of halogens is 1. The molecule has 4 rings (SSSR count). The van der Waals surface area contributed by atoms with Crippen molar-refractivity contribution in [3.05, 3.63) is 58.8 Å². The van der Waals surface area contributed by atoms with Crippen molar-refractivity contribution in [1.29, 1.82) is 0 Å². The van der Waals surface area contributed by atoms with E-state index in [1.165, 1.54) is 16.9 Å². The lowest BCUT2D eigenvalue weighted by Crippen LogP contribution is -2.15. The second kappa shape index (κ2) is 7.64. The zero-order chi connectivity index (χ0) is 18.8. The Morgan fingerprint density at radius 1 is 1.22 bits per heavy atom. The molecular formula is C19H19ClN6S. The Bertz CT molecular complexity index is 1070. The summed E-state index contributed by atoms with van der Waals surface area (Å²) in [6.07, 6.45) is 4.66. The molecule has 0 fully saturated rings. The summed E-state index contributed by atoms with van der Waals surface area (Å²) in [5.41, 5.74) is 3.73. The van der Waals surface area contributed by atoms with Crippen molar-refractivity contribution in [3.63, 3.8) is 0 Å². The predicted molar refractivity (Wildman–Crippen MR) is 111 cm³/mol. The van der Waals surface area contributed by atoms with E-state index in [1.807, 2.05) is 34.2 Å². The first-order valence-electron chi connectivity index (χ1n) is 8.55. The van der Waals surface area contributed by atoms with E-state index in [4.69, 9.17) is 11.6 Å².